The first-order valence-electron chi connectivity index (χ1n) is 8.19. The van der Waals surface area contributed by atoms with Crippen LogP contribution in [-0.2, 0) is 0 Å². The number of nitrogens with zero attached hydrogens (tertiary/aromatic N) is 1. The van der Waals surface area contributed by atoms with Crippen LogP contribution < -0.4 is 5.32 Å². The lowest BCUT2D eigenvalue weighted by Crippen LogP contribution is -2.35. The van der Waals surface area contributed by atoms with Gasteiger partial charge >= 0.3 is 5.97 Å². The van der Waals surface area contributed by atoms with Crippen LogP contribution in [0.25, 0.3) is 0 Å². The summed E-state index contributed by atoms with van der Waals surface area (Å²) in [4.78, 5) is 37.8. The average molecular weight is 393 g/mol. The number of rotatable bonds is 4. The highest BCUT2D eigenvalue weighted by atomic mass is 35.5. The third kappa shape index (κ3) is 4.05. The molecule has 136 valence electrons. The topological polar surface area (TPSA) is 86.7 Å². The van der Waals surface area contributed by atoms with E-state index in [9.17, 15) is 14.4 Å². The predicted octanol–water partition coefficient (Wildman–Crippen LogP) is 3.98. The molecule has 3 rings (SSSR count). The number of piperidine rings is 1. The van der Waals surface area contributed by atoms with Crippen LogP contribution in [0.1, 0.15) is 49.0 Å². The van der Waals surface area contributed by atoms with E-state index in [1.807, 2.05) is 0 Å². The van der Waals surface area contributed by atoms with Crippen molar-refractivity contribution >= 4 is 46.4 Å². The molecule has 0 unspecified atom stereocenters. The molecule has 2 amide bonds. The highest BCUT2D eigenvalue weighted by Gasteiger charge is 2.21. The van der Waals surface area contributed by atoms with Crippen LogP contribution in [0.3, 0.4) is 0 Å². The largest absolute Gasteiger partial charge is 0.477 e. The first-order chi connectivity index (χ1) is 12.5. The second-order valence-electron chi connectivity index (χ2n) is 5.97. The number of likely N-dealkylation sites (tertiary alicyclic amines) is 1. The maximum Gasteiger partial charge on any atom is 0.345 e. The molecule has 2 aromatic rings. The molecular weight excluding hydrogens is 376 g/mol. The summed E-state index contributed by atoms with van der Waals surface area (Å²) in [6.45, 7) is 1.47. The maximum absolute atomic E-state index is 12.5. The Morgan fingerprint density at radius 3 is 2.35 bits per heavy atom. The lowest BCUT2D eigenvalue weighted by Gasteiger charge is -2.27. The van der Waals surface area contributed by atoms with Gasteiger partial charge in [0.25, 0.3) is 11.8 Å². The Labute approximate surface area is 159 Å². The molecule has 1 aliphatic rings. The van der Waals surface area contributed by atoms with Crippen molar-refractivity contribution in [1.82, 2.24) is 4.90 Å². The molecule has 0 aliphatic carbocycles. The molecule has 0 atom stereocenters. The van der Waals surface area contributed by atoms with E-state index in [4.69, 9.17) is 16.7 Å². The van der Waals surface area contributed by atoms with Gasteiger partial charge in [-0.25, -0.2) is 4.79 Å². The molecule has 1 saturated heterocycles. The van der Waals surface area contributed by atoms with Crippen molar-refractivity contribution < 1.29 is 19.5 Å². The number of aromatic carboxylic acids is 1. The smallest absolute Gasteiger partial charge is 0.345 e. The second-order valence-corrected chi connectivity index (χ2v) is 7.46. The van der Waals surface area contributed by atoms with E-state index in [0.29, 0.717) is 11.3 Å². The van der Waals surface area contributed by atoms with E-state index < -0.39 is 11.9 Å². The molecule has 6 nitrogen and oxygen atoms in total. The van der Waals surface area contributed by atoms with Gasteiger partial charge in [0.05, 0.1) is 15.5 Å². The van der Waals surface area contributed by atoms with E-state index in [1.165, 1.54) is 18.2 Å². The summed E-state index contributed by atoms with van der Waals surface area (Å²) in [5.41, 5.74) is 0.858. The fourth-order valence-electron chi connectivity index (χ4n) is 2.80. The number of nitrogens with one attached hydrogen (secondary N) is 1. The van der Waals surface area contributed by atoms with Crippen molar-refractivity contribution in [2.45, 2.75) is 19.3 Å². The van der Waals surface area contributed by atoms with Gasteiger partial charge in [0, 0.05) is 18.8 Å². The first-order valence-corrected chi connectivity index (χ1v) is 9.38. The van der Waals surface area contributed by atoms with E-state index in [1.54, 1.807) is 17.0 Å². The van der Waals surface area contributed by atoms with Crippen LogP contribution >= 0.6 is 22.9 Å². The Hall–Kier alpha value is -2.38. The molecule has 0 bridgehead atoms. The predicted molar refractivity (Wildman–Crippen MR) is 100 cm³/mol. The van der Waals surface area contributed by atoms with Crippen molar-refractivity contribution in [3.05, 3.63) is 50.7 Å². The molecule has 2 heterocycles. The van der Waals surface area contributed by atoms with Gasteiger partial charge in [0.1, 0.15) is 4.88 Å². The van der Waals surface area contributed by atoms with Gasteiger partial charge in [-0.3, -0.25) is 9.59 Å². The maximum atomic E-state index is 12.5. The van der Waals surface area contributed by atoms with Crippen LogP contribution in [0.4, 0.5) is 5.69 Å². The van der Waals surface area contributed by atoms with Gasteiger partial charge in [-0.1, -0.05) is 11.6 Å². The number of carboxylic acids is 1. The van der Waals surface area contributed by atoms with Crippen molar-refractivity contribution in [3.63, 3.8) is 0 Å². The van der Waals surface area contributed by atoms with Gasteiger partial charge in [-0.05, 0) is 49.6 Å². The first kappa shape index (κ1) is 18.4. The van der Waals surface area contributed by atoms with Gasteiger partial charge in [0.2, 0.25) is 0 Å². The lowest BCUT2D eigenvalue weighted by atomic mass is 10.1. The third-order valence-corrected chi connectivity index (χ3v) is 5.53. The summed E-state index contributed by atoms with van der Waals surface area (Å²) in [7, 11) is 0. The Morgan fingerprint density at radius 1 is 1.04 bits per heavy atom. The molecular formula is C18H17ClN2O4S. The number of carboxylic acid groups (broad SMARTS) is 1. The number of hydrogen-bond donors (Lipinski definition) is 2. The molecule has 0 saturated carbocycles. The Morgan fingerprint density at radius 2 is 1.73 bits per heavy atom. The van der Waals surface area contributed by atoms with E-state index in [2.05, 4.69) is 5.32 Å². The summed E-state index contributed by atoms with van der Waals surface area (Å²) >= 11 is 7.14. The average Bonchev–Trinajstić information content (AvgIpc) is 3.13. The summed E-state index contributed by atoms with van der Waals surface area (Å²) in [5, 5.41) is 11.9. The van der Waals surface area contributed by atoms with Gasteiger partial charge < -0.3 is 15.3 Å². The van der Waals surface area contributed by atoms with E-state index >= 15 is 0 Å². The minimum absolute atomic E-state index is 0.0932. The SMILES string of the molecule is O=C(O)c1ccc(C(=O)Nc2ccc(C(=O)N3CCCCC3)c(Cl)c2)s1. The number of amides is 2. The van der Waals surface area contributed by atoms with Crippen LogP contribution in [0, 0.1) is 0 Å². The zero-order chi connectivity index (χ0) is 18.7. The van der Waals surface area contributed by atoms with Crippen molar-refractivity contribution in [2.75, 3.05) is 18.4 Å². The Bertz CT molecular complexity index is 859. The van der Waals surface area contributed by atoms with Crippen molar-refractivity contribution in [3.8, 4) is 0 Å². The molecule has 8 heteroatoms. The zero-order valence-corrected chi connectivity index (χ0v) is 15.4. The summed E-state index contributed by atoms with van der Waals surface area (Å²) in [6.07, 6.45) is 3.13. The molecule has 0 radical (unpaired) electrons. The number of hydrogen-bond acceptors (Lipinski definition) is 4. The lowest BCUT2D eigenvalue weighted by molar-refractivity contribution is 0.0699. The Balaban J connectivity index is 1.71. The molecule has 1 aromatic carbocycles. The molecule has 26 heavy (non-hydrogen) atoms. The number of benzene rings is 1. The highest BCUT2D eigenvalue weighted by Crippen LogP contribution is 2.25. The normalized spacial score (nSPS) is 14.1. The fraction of sp³-hybridized carbons (Fsp3) is 0.278. The minimum Gasteiger partial charge on any atom is -0.477 e. The molecule has 1 fully saturated rings. The Kier molecular flexibility index (Phi) is 5.58. The number of halogens is 1. The van der Waals surface area contributed by atoms with E-state index in [0.717, 1.165) is 43.7 Å². The summed E-state index contributed by atoms with van der Waals surface area (Å²) in [5.74, 6) is -1.59. The fourth-order valence-corrected chi connectivity index (χ4v) is 3.80. The van der Waals surface area contributed by atoms with Crippen LogP contribution in [0.5, 0.6) is 0 Å². The molecule has 0 spiro atoms. The number of anilines is 1. The molecule has 1 aliphatic heterocycles. The zero-order valence-electron chi connectivity index (χ0n) is 13.8. The molecule has 1 aromatic heterocycles. The number of thiophene rings is 1. The van der Waals surface area contributed by atoms with Crippen LogP contribution in [0.15, 0.2) is 30.3 Å². The standard InChI is InChI=1S/C18H17ClN2O4S/c19-13-10-11(20-16(22)14-6-7-15(26-14)18(24)25)4-5-12(13)17(23)21-8-2-1-3-9-21/h4-7,10H,1-3,8-9H2,(H,20,22)(H,24,25). The summed E-state index contributed by atoms with van der Waals surface area (Å²) in [6, 6.07) is 7.59. The quantitative estimate of drug-likeness (QED) is 0.823. The second kappa shape index (κ2) is 7.88. The number of carbonyl (C=O) groups excluding carboxylic acids is 2. The third-order valence-electron chi connectivity index (χ3n) is 4.14. The minimum atomic E-state index is -1.07. The van der Waals surface area contributed by atoms with E-state index in [-0.39, 0.29) is 20.7 Å². The highest BCUT2D eigenvalue weighted by molar-refractivity contribution is 7.15. The molecule has 2 N–H and O–H groups in total. The van der Waals surface area contributed by atoms with Gasteiger partial charge in [-0.2, -0.15) is 0 Å². The monoisotopic (exact) mass is 392 g/mol. The summed E-state index contributed by atoms with van der Waals surface area (Å²) < 4.78 is 0. The van der Waals surface area contributed by atoms with Gasteiger partial charge in [-0.15, -0.1) is 11.3 Å². The van der Waals surface area contributed by atoms with Crippen LogP contribution in [-0.4, -0.2) is 40.9 Å². The van der Waals surface area contributed by atoms with Crippen molar-refractivity contribution in [1.29, 1.82) is 0 Å². The van der Waals surface area contributed by atoms with Gasteiger partial charge in [0.15, 0.2) is 0 Å². The van der Waals surface area contributed by atoms with Crippen molar-refractivity contribution in [2.24, 2.45) is 0 Å². The number of carbonyl (C=O) groups is 3. The van der Waals surface area contributed by atoms with Crippen LogP contribution in [0.2, 0.25) is 5.02 Å².